The topological polar surface area (TPSA) is 35.5 Å². The van der Waals surface area contributed by atoms with E-state index in [9.17, 15) is 22.4 Å². The van der Waals surface area contributed by atoms with Gasteiger partial charge in [-0.15, -0.1) is 0 Å². The minimum atomic E-state index is -1.32. The third kappa shape index (κ3) is 5.88. The van der Waals surface area contributed by atoms with Crippen LogP contribution in [0.2, 0.25) is 0 Å². The van der Waals surface area contributed by atoms with Crippen molar-refractivity contribution in [3.8, 4) is 33.8 Å². The van der Waals surface area contributed by atoms with Crippen molar-refractivity contribution in [2.75, 3.05) is 6.61 Å². The van der Waals surface area contributed by atoms with Crippen molar-refractivity contribution in [1.82, 2.24) is 0 Å². The first-order valence-electron chi connectivity index (χ1n) is 12.3. The number of hydrogen-bond acceptors (Lipinski definition) is 3. The van der Waals surface area contributed by atoms with Crippen LogP contribution in [-0.4, -0.2) is 12.6 Å². The Balaban J connectivity index is 1.48. The monoisotopic (exact) mass is 522 g/mol. The van der Waals surface area contributed by atoms with E-state index < -0.39 is 34.8 Å². The van der Waals surface area contributed by atoms with Crippen LogP contribution in [-0.2, 0) is 0 Å². The number of rotatable bonds is 9. The molecule has 0 fully saturated rings. The average molecular weight is 523 g/mol. The molecule has 0 saturated carbocycles. The molecule has 0 radical (unpaired) electrons. The fourth-order valence-electron chi connectivity index (χ4n) is 3.93. The third-order valence-electron chi connectivity index (χ3n) is 6.09. The van der Waals surface area contributed by atoms with Crippen molar-refractivity contribution in [3.05, 3.63) is 107 Å². The molecule has 4 rings (SSSR count). The smallest absolute Gasteiger partial charge is 0.346 e. The van der Waals surface area contributed by atoms with Crippen LogP contribution in [0.5, 0.6) is 11.5 Å². The maximum absolute atomic E-state index is 14.7. The summed E-state index contributed by atoms with van der Waals surface area (Å²) in [7, 11) is 0. The molecule has 0 aliphatic carbocycles. The second-order valence-corrected chi connectivity index (χ2v) is 8.86. The lowest BCUT2D eigenvalue weighted by Gasteiger charge is -2.11. The van der Waals surface area contributed by atoms with Gasteiger partial charge in [0.25, 0.3) is 0 Å². The van der Waals surface area contributed by atoms with Crippen molar-refractivity contribution < 1.29 is 31.8 Å². The number of benzene rings is 4. The van der Waals surface area contributed by atoms with Gasteiger partial charge in [0.15, 0.2) is 23.2 Å². The summed E-state index contributed by atoms with van der Waals surface area (Å²) in [6.07, 6.45) is 2.66. The maximum Gasteiger partial charge on any atom is 0.346 e. The van der Waals surface area contributed by atoms with Gasteiger partial charge >= 0.3 is 5.97 Å². The zero-order valence-corrected chi connectivity index (χ0v) is 21.0. The molecule has 0 aromatic heterocycles. The number of carbonyl (C=O) groups excluding carboxylic acids is 1. The largest absolute Gasteiger partial charge is 0.490 e. The number of unbranched alkanes of at least 4 members (excludes halogenated alkanes) is 2. The summed E-state index contributed by atoms with van der Waals surface area (Å²) >= 11 is 0. The Morgan fingerprint density at radius 2 is 1.26 bits per heavy atom. The van der Waals surface area contributed by atoms with Crippen LogP contribution in [0, 0.1) is 30.2 Å². The Morgan fingerprint density at radius 1 is 0.684 bits per heavy atom. The Kier molecular flexibility index (Phi) is 8.46. The van der Waals surface area contributed by atoms with Gasteiger partial charge < -0.3 is 9.47 Å². The van der Waals surface area contributed by atoms with Gasteiger partial charge in [-0.2, -0.15) is 4.39 Å². The van der Waals surface area contributed by atoms with Gasteiger partial charge in [0.05, 0.1) is 12.2 Å². The lowest BCUT2D eigenvalue weighted by molar-refractivity contribution is 0.0728. The molecule has 0 spiro atoms. The molecule has 4 aromatic carbocycles. The number of ether oxygens (including phenoxy) is 2. The maximum atomic E-state index is 14.7. The first kappa shape index (κ1) is 26.9. The molecule has 0 atom stereocenters. The van der Waals surface area contributed by atoms with Crippen LogP contribution in [0.3, 0.4) is 0 Å². The quantitative estimate of drug-likeness (QED) is 0.0955. The second kappa shape index (κ2) is 11.9. The Hall–Kier alpha value is -4.13. The fraction of sp³-hybridized carbons (Fsp3) is 0.194. The first-order valence-corrected chi connectivity index (χ1v) is 12.3. The van der Waals surface area contributed by atoms with Crippen LogP contribution < -0.4 is 9.47 Å². The van der Waals surface area contributed by atoms with Crippen molar-refractivity contribution in [3.63, 3.8) is 0 Å². The molecule has 4 aromatic rings. The summed E-state index contributed by atoms with van der Waals surface area (Å²) in [5, 5.41) is 0. The summed E-state index contributed by atoms with van der Waals surface area (Å²) in [6.45, 7) is 4.20. The highest BCUT2D eigenvalue weighted by molar-refractivity contribution is 5.92. The van der Waals surface area contributed by atoms with E-state index in [4.69, 9.17) is 9.47 Å². The van der Waals surface area contributed by atoms with Crippen LogP contribution in [0.15, 0.2) is 72.8 Å². The van der Waals surface area contributed by atoms with E-state index in [1.807, 2.05) is 13.8 Å². The number of carbonyl (C=O) groups is 1. The molecule has 0 aliphatic heterocycles. The number of hydrogen-bond donors (Lipinski definition) is 0. The number of esters is 1. The zero-order chi connectivity index (χ0) is 27.2. The normalized spacial score (nSPS) is 10.9. The Bertz CT molecular complexity index is 1430. The van der Waals surface area contributed by atoms with E-state index >= 15 is 0 Å². The van der Waals surface area contributed by atoms with Crippen molar-refractivity contribution >= 4 is 5.97 Å². The van der Waals surface area contributed by atoms with E-state index in [-0.39, 0.29) is 22.6 Å². The van der Waals surface area contributed by atoms with Crippen molar-refractivity contribution in [1.29, 1.82) is 0 Å². The molecule has 0 aliphatic rings. The van der Waals surface area contributed by atoms with Crippen molar-refractivity contribution in [2.24, 2.45) is 0 Å². The summed E-state index contributed by atoms with van der Waals surface area (Å²) in [5.41, 5.74) is 1.24. The van der Waals surface area contributed by atoms with Gasteiger partial charge in [0.1, 0.15) is 5.75 Å². The van der Waals surface area contributed by atoms with Gasteiger partial charge in [0.2, 0.25) is 5.82 Å². The zero-order valence-electron chi connectivity index (χ0n) is 21.0. The molecule has 0 N–H and O–H groups in total. The molecule has 38 heavy (non-hydrogen) atoms. The molecule has 3 nitrogen and oxygen atoms in total. The number of aryl methyl sites for hydroxylation is 1. The second-order valence-electron chi connectivity index (χ2n) is 8.86. The molecule has 0 heterocycles. The minimum Gasteiger partial charge on any atom is -0.490 e. The fourth-order valence-corrected chi connectivity index (χ4v) is 3.93. The van der Waals surface area contributed by atoms with E-state index in [2.05, 4.69) is 0 Å². The van der Waals surface area contributed by atoms with Gasteiger partial charge in [-0.25, -0.2) is 18.0 Å². The van der Waals surface area contributed by atoms with Crippen LogP contribution in [0.1, 0.15) is 42.1 Å². The third-order valence-corrected chi connectivity index (χ3v) is 6.09. The molecular weight excluding hydrogens is 496 g/mol. The predicted molar refractivity (Wildman–Crippen MR) is 138 cm³/mol. The van der Waals surface area contributed by atoms with Crippen molar-refractivity contribution in [2.45, 2.75) is 33.1 Å². The molecule has 0 bridgehead atoms. The molecule has 7 heteroatoms. The standard InChI is InChI=1S/C31H26F4O3/c1-3-4-5-18-37-26-17-16-24(28(33)30(26)35)21-10-12-22(13-11-21)38-31(36)25-15-14-23(27(32)29(25)34)20-8-6-19(2)7-9-20/h6-17H,3-5,18H2,1-2H3. The molecule has 196 valence electrons. The van der Waals surface area contributed by atoms with Gasteiger partial charge in [-0.05, 0) is 54.8 Å². The lowest BCUT2D eigenvalue weighted by Crippen LogP contribution is -2.12. The van der Waals surface area contributed by atoms with Crippen LogP contribution >= 0.6 is 0 Å². The summed E-state index contributed by atoms with van der Waals surface area (Å²) in [4.78, 5) is 12.5. The summed E-state index contributed by atoms with van der Waals surface area (Å²) in [6, 6.07) is 17.7. The molecular formula is C31H26F4O3. The first-order chi connectivity index (χ1) is 18.3. The number of halogens is 4. The molecule has 0 amide bonds. The highest BCUT2D eigenvalue weighted by Gasteiger charge is 2.21. The Labute approximate surface area is 218 Å². The summed E-state index contributed by atoms with van der Waals surface area (Å²) in [5.74, 6) is -5.84. The predicted octanol–water partition coefficient (Wildman–Crippen LogP) is 8.67. The van der Waals surface area contributed by atoms with Gasteiger partial charge in [-0.3, -0.25) is 0 Å². The van der Waals surface area contributed by atoms with Gasteiger partial charge in [0, 0.05) is 11.1 Å². The van der Waals surface area contributed by atoms with Gasteiger partial charge in [-0.1, -0.05) is 67.8 Å². The minimum absolute atomic E-state index is 0.00101. The lowest BCUT2D eigenvalue weighted by atomic mass is 10.0. The van der Waals surface area contributed by atoms with E-state index in [0.717, 1.165) is 30.9 Å². The van der Waals surface area contributed by atoms with Crippen LogP contribution in [0.25, 0.3) is 22.3 Å². The average Bonchev–Trinajstić information content (AvgIpc) is 2.91. The van der Waals surface area contributed by atoms with Crippen LogP contribution in [0.4, 0.5) is 17.6 Å². The molecule has 0 unspecified atom stereocenters. The molecule has 0 saturated heterocycles. The van der Waals surface area contributed by atoms with E-state index in [1.54, 1.807) is 24.3 Å². The highest BCUT2D eigenvalue weighted by Crippen LogP contribution is 2.32. The van der Waals surface area contributed by atoms with E-state index in [1.165, 1.54) is 42.5 Å². The SMILES string of the molecule is CCCCCOc1ccc(-c2ccc(OC(=O)c3ccc(-c4ccc(C)cc4)c(F)c3F)cc2)c(F)c1F. The van der Waals surface area contributed by atoms with E-state index in [0.29, 0.717) is 17.7 Å². The highest BCUT2D eigenvalue weighted by atomic mass is 19.2. The summed E-state index contributed by atoms with van der Waals surface area (Å²) < 4.78 is 69.2. The Morgan fingerprint density at radius 3 is 1.89 bits per heavy atom.